The Kier molecular flexibility index (Phi) is 10.3. The highest BCUT2D eigenvalue weighted by atomic mass is 16.5. The second kappa shape index (κ2) is 12.9. The van der Waals surface area contributed by atoms with E-state index in [1.54, 1.807) is 4.90 Å². The van der Waals surface area contributed by atoms with Crippen LogP contribution in [0.5, 0.6) is 5.75 Å². The Morgan fingerprint density at radius 1 is 1.03 bits per heavy atom. The fourth-order valence-corrected chi connectivity index (χ4v) is 3.63. The number of para-hydroxylation sites is 1. The zero-order valence-electron chi connectivity index (χ0n) is 20.2. The first-order chi connectivity index (χ1) is 15.4. The van der Waals surface area contributed by atoms with E-state index < -0.39 is 6.04 Å². The van der Waals surface area contributed by atoms with E-state index in [0.29, 0.717) is 25.3 Å². The number of aryl methyl sites for hydroxylation is 1. The summed E-state index contributed by atoms with van der Waals surface area (Å²) in [6, 6.07) is 15.3. The number of nitrogens with one attached hydrogen (secondary N) is 1. The number of nitrogens with zero attached hydrogens (tertiary/aromatic N) is 1. The molecule has 1 unspecified atom stereocenters. The van der Waals surface area contributed by atoms with Crippen molar-refractivity contribution in [1.29, 1.82) is 0 Å². The molecular weight excluding hydrogens is 400 g/mol. The van der Waals surface area contributed by atoms with E-state index in [4.69, 9.17) is 4.74 Å². The average molecular weight is 439 g/mol. The van der Waals surface area contributed by atoms with Gasteiger partial charge in [0.1, 0.15) is 11.8 Å². The van der Waals surface area contributed by atoms with Gasteiger partial charge in [0.2, 0.25) is 5.91 Å². The number of benzene rings is 2. The number of carbonyl (C=O) groups excluding carboxylic acids is 2. The molecule has 2 rings (SSSR count). The van der Waals surface area contributed by atoms with E-state index >= 15 is 0 Å². The minimum Gasteiger partial charge on any atom is -0.483 e. The molecule has 2 aromatic rings. The van der Waals surface area contributed by atoms with Crippen molar-refractivity contribution >= 4 is 11.8 Å². The fourth-order valence-electron chi connectivity index (χ4n) is 3.63. The van der Waals surface area contributed by atoms with Crippen LogP contribution < -0.4 is 10.1 Å². The first-order valence-electron chi connectivity index (χ1n) is 11.7. The van der Waals surface area contributed by atoms with Crippen molar-refractivity contribution in [2.75, 3.05) is 13.2 Å². The molecule has 0 aliphatic heterocycles. The van der Waals surface area contributed by atoms with Gasteiger partial charge in [-0.1, -0.05) is 82.1 Å². The van der Waals surface area contributed by atoms with Crippen molar-refractivity contribution in [3.8, 4) is 5.75 Å². The summed E-state index contributed by atoms with van der Waals surface area (Å²) in [6.07, 6.45) is 2.47. The molecule has 0 bridgehead atoms. The number of hydrogen-bond donors (Lipinski definition) is 1. The van der Waals surface area contributed by atoms with Crippen LogP contribution in [-0.2, 0) is 16.1 Å². The summed E-state index contributed by atoms with van der Waals surface area (Å²) >= 11 is 0. The van der Waals surface area contributed by atoms with Gasteiger partial charge in [-0.05, 0) is 42.9 Å². The highest BCUT2D eigenvalue weighted by Gasteiger charge is 2.29. The van der Waals surface area contributed by atoms with Gasteiger partial charge < -0.3 is 15.0 Å². The molecule has 0 aromatic heterocycles. The SMILES string of the molecule is CCCCNC(=O)C(CC)N(Cc1ccc(C)cc1)C(=O)COc1ccccc1C(C)C. The third-order valence-electron chi connectivity index (χ3n) is 5.58. The summed E-state index contributed by atoms with van der Waals surface area (Å²) in [5.74, 6) is 0.704. The smallest absolute Gasteiger partial charge is 0.261 e. The first kappa shape index (κ1) is 25.4. The predicted molar refractivity (Wildman–Crippen MR) is 130 cm³/mol. The lowest BCUT2D eigenvalue weighted by atomic mass is 10.0. The van der Waals surface area contributed by atoms with Gasteiger partial charge in [0, 0.05) is 13.1 Å². The molecule has 5 heteroatoms. The molecule has 32 heavy (non-hydrogen) atoms. The number of carbonyl (C=O) groups is 2. The molecule has 0 aliphatic carbocycles. The van der Waals surface area contributed by atoms with E-state index in [-0.39, 0.29) is 24.3 Å². The van der Waals surface area contributed by atoms with E-state index in [0.717, 1.165) is 29.5 Å². The topological polar surface area (TPSA) is 58.6 Å². The van der Waals surface area contributed by atoms with Gasteiger partial charge >= 0.3 is 0 Å². The summed E-state index contributed by atoms with van der Waals surface area (Å²) in [5, 5.41) is 2.99. The van der Waals surface area contributed by atoms with Crippen LogP contribution in [0.3, 0.4) is 0 Å². The van der Waals surface area contributed by atoms with E-state index in [9.17, 15) is 9.59 Å². The second-order valence-corrected chi connectivity index (χ2v) is 8.56. The molecule has 0 heterocycles. The second-order valence-electron chi connectivity index (χ2n) is 8.56. The number of hydrogen-bond acceptors (Lipinski definition) is 3. The molecule has 0 saturated carbocycles. The molecular formula is C27H38N2O3. The van der Waals surface area contributed by atoms with E-state index in [1.165, 1.54) is 0 Å². The summed E-state index contributed by atoms with van der Waals surface area (Å²) in [5.41, 5.74) is 3.21. The number of unbranched alkanes of at least 4 members (excludes halogenated alkanes) is 1. The highest BCUT2D eigenvalue weighted by Crippen LogP contribution is 2.26. The molecule has 0 radical (unpaired) electrons. The standard InChI is InChI=1S/C27H38N2O3/c1-6-8-17-28-27(31)24(7-2)29(18-22-15-13-21(5)14-16-22)26(30)19-32-25-12-10-9-11-23(25)20(3)4/h9-16,20,24H,6-8,17-19H2,1-5H3,(H,28,31). The predicted octanol–water partition coefficient (Wildman–Crippen LogP) is 5.22. The largest absolute Gasteiger partial charge is 0.483 e. The Labute approximate surface area is 193 Å². The van der Waals surface area contributed by atoms with Crippen LogP contribution in [-0.4, -0.2) is 35.9 Å². The van der Waals surface area contributed by atoms with Crippen LogP contribution >= 0.6 is 0 Å². The molecule has 1 atom stereocenters. The zero-order valence-corrected chi connectivity index (χ0v) is 20.2. The molecule has 2 aromatic carbocycles. The highest BCUT2D eigenvalue weighted by molar-refractivity contribution is 5.88. The first-order valence-corrected chi connectivity index (χ1v) is 11.7. The van der Waals surface area contributed by atoms with Gasteiger partial charge in [-0.3, -0.25) is 9.59 Å². The molecule has 0 spiro atoms. The van der Waals surface area contributed by atoms with E-state index in [2.05, 4.69) is 26.1 Å². The van der Waals surface area contributed by atoms with Crippen molar-refractivity contribution in [3.05, 3.63) is 65.2 Å². The quantitative estimate of drug-likeness (QED) is 0.462. The maximum atomic E-state index is 13.3. The van der Waals surface area contributed by atoms with E-state index in [1.807, 2.05) is 62.4 Å². The third-order valence-corrected chi connectivity index (χ3v) is 5.58. The molecule has 2 amide bonds. The monoisotopic (exact) mass is 438 g/mol. The fraction of sp³-hybridized carbons (Fsp3) is 0.481. The van der Waals surface area contributed by atoms with Crippen LogP contribution in [0.4, 0.5) is 0 Å². The lowest BCUT2D eigenvalue weighted by Gasteiger charge is -2.30. The van der Waals surface area contributed by atoms with Crippen molar-refractivity contribution < 1.29 is 14.3 Å². The minimum atomic E-state index is -0.537. The number of rotatable bonds is 12. The van der Waals surface area contributed by atoms with Crippen LogP contribution in [0.1, 0.15) is 69.6 Å². The third kappa shape index (κ3) is 7.40. The zero-order chi connectivity index (χ0) is 23.5. The molecule has 0 fully saturated rings. The summed E-state index contributed by atoms with van der Waals surface area (Å²) in [4.78, 5) is 27.9. The van der Waals surface area contributed by atoms with Crippen molar-refractivity contribution in [1.82, 2.24) is 10.2 Å². The van der Waals surface area contributed by atoms with Gasteiger partial charge in [-0.2, -0.15) is 0 Å². The van der Waals surface area contributed by atoms with Gasteiger partial charge in [-0.15, -0.1) is 0 Å². The molecule has 0 aliphatic rings. The maximum absolute atomic E-state index is 13.3. The Morgan fingerprint density at radius 3 is 2.34 bits per heavy atom. The molecule has 1 N–H and O–H groups in total. The summed E-state index contributed by atoms with van der Waals surface area (Å²) in [7, 11) is 0. The van der Waals surface area contributed by atoms with Gasteiger partial charge in [-0.25, -0.2) is 0 Å². The summed E-state index contributed by atoms with van der Waals surface area (Å²) in [6.45, 7) is 11.1. The van der Waals surface area contributed by atoms with Crippen molar-refractivity contribution in [2.45, 2.75) is 72.4 Å². The van der Waals surface area contributed by atoms with Crippen LogP contribution in [0.15, 0.2) is 48.5 Å². The van der Waals surface area contributed by atoms with Crippen molar-refractivity contribution in [2.24, 2.45) is 0 Å². The Hall–Kier alpha value is -2.82. The number of ether oxygens (including phenoxy) is 1. The van der Waals surface area contributed by atoms with Gasteiger partial charge in [0.25, 0.3) is 5.91 Å². The Balaban J connectivity index is 2.21. The van der Waals surface area contributed by atoms with Gasteiger partial charge in [0.15, 0.2) is 6.61 Å². The minimum absolute atomic E-state index is 0.103. The molecule has 174 valence electrons. The molecule has 5 nitrogen and oxygen atoms in total. The Morgan fingerprint density at radius 2 is 1.72 bits per heavy atom. The lowest BCUT2D eigenvalue weighted by molar-refractivity contribution is -0.143. The maximum Gasteiger partial charge on any atom is 0.261 e. The normalized spacial score (nSPS) is 11.8. The molecule has 0 saturated heterocycles. The van der Waals surface area contributed by atoms with Crippen LogP contribution in [0, 0.1) is 6.92 Å². The van der Waals surface area contributed by atoms with Gasteiger partial charge in [0.05, 0.1) is 0 Å². The van der Waals surface area contributed by atoms with Crippen molar-refractivity contribution in [3.63, 3.8) is 0 Å². The van der Waals surface area contributed by atoms with Crippen LogP contribution in [0.25, 0.3) is 0 Å². The lowest BCUT2D eigenvalue weighted by Crippen LogP contribution is -2.50. The average Bonchev–Trinajstić information content (AvgIpc) is 2.79. The number of amides is 2. The summed E-state index contributed by atoms with van der Waals surface area (Å²) < 4.78 is 5.95. The Bertz CT molecular complexity index is 861. The van der Waals surface area contributed by atoms with Crippen LogP contribution in [0.2, 0.25) is 0 Å².